The van der Waals surface area contributed by atoms with Crippen LogP contribution in [0.25, 0.3) is 11.2 Å². The Labute approximate surface area is 342 Å². The number of phosphoric ester groups is 3. The van der Waals surface area contributed by atoms with Gasteiger partial charge >= 0.3 is 23.5 Å². The number of nitrogens with one attached hydrogen (secondary N) is 2. The van der Waals surface area contributed by atoms with Gasteiger partial charge in [0.2, 0.25) is 16.9 Å². The smallest absolute Gasteiger partial charge is 0.386 e. The van der Waals surface area contributed by atoms with Gasteiger partial charge in [0.25, 0.3) is 0 Å². The van der Waals surface area contributed by atoms with Crippen molar-refractivity contribution in [2.24, 2.45) is 5.41 Å². The number of amides is 2. The van der Waals surface area contributed by atoms with Crippen molar-refractivity contribution in [2.75, 3.05) is 37.8 Å². The third-order valence-corrected chi connectivity index (χ3v) is 12.1. The van der Waals surface area contributed by atoms with E-state index in [9.17, 15) is 57.9 Å². The fraction of sp³-hybridized carbons (Fsp3) is 0.613. The van der Waals surface area contributed by atoms with E-state index in [1.807, 2.05) is 20.8 Å². The number of rotatable bonds is 23. The Balaban J connectivity index is 1.45. The number of carbonyl (C=O) groups is 3. The number of allylic oxidation sites excluding steroid dienone is 3. The van der Waals surface area contributed by atoms with Crippen molar-refractivity contribution in [3.05, 3.63) is 36.0 Å². The van der Waals surface area contributed by atoms with E-state index in [1.54, 1.807) is 6.08 Å². The van der Waals surface area contributed by atoms with Crippen molar-refractivity contribution in [3.63, 3.8) is 0 Å². The van der Waals surface area contributed by atoms with E-state index in [-0.39, 0.29) is 41.6 Å². The molecule has 1 aliphatic rings. The van der Waals surface area contributed by atoms with Gasteiger partial charge in [-0.3, -0.25) is 32.5 Å². The molecule has 0 spiro atoms. The highest BCUT2D eigenvalue weighted by Crippen LogP contribution is 2.61. The molecule has 0 radical (unpaired) electrons. The van der Waals surface area contributed by atoms with E-state index in [0.717, 1.165) is 47.4 Å². The number of carbonyl (C=O) groups excluding carboxylic acids is 3. The van der Waals surface area contributed by atoms with Crippen LogP contribution in [0, 0.1) is 5.41 Å². The van der Waals surface area contributed by atoms with Crippen LogP contribution in [0.1, 0.15) is 60.1 Å². The monoisotopic (exact) mass is 917 g/mol. The SMILES string of the molecule is CC(C)=CCCC(C)=CC(=O)SCCNC(=O)CCNC(=O)[C@H](O)C(C)(C)COP(=O)(O)OP(=O)(O)OC[C@H]1O[C@@H](n2cnc3c(N)ncnc32)[C@H](O)[C@@H]1OP(=O)(O)O. The fourth-order valence-electron chi connectivity index (χ4n) is 5.19. The van der Waals surface area contributed by atoms with Crippen LogP contribution in [0.4, 0.5) is 5.82 Å². The maximum absolute atomic E-state index is 12.7. The molecule has 24 nitrogen and oxygen atoms in total. The Kier molecular flexibility index (Phi) is 18.5. The van der Waals surface area contributed by atoms with E-state index in [4.69, 9.17) is 19.5 Å². The average Bonchev–Trinajstić information content (AvgIpc) is 3.67. The summed E-state index contributed by atoms with van der Waals surface area (Å²) < 4.78 is 62.2. The van der Waals surface area contributed by atoms with Crippen molar-refractivity contribution in [2.45, 2.75) is 84.5 Å². The van der Waals surface area contributed by atoms with Gasteiger partial charge in [0.15, 0.2) is 17.7 Å². The van der Waals surface area contributed by atoms with Crippen molar-refractivity contribution in [1.82, 2.24) is 30.2 Å². The second kappa shape index (κ2) is 21.7. The molecule has 3 rings (SSSR count). The molecule has 10 N–H and O–H groups in total. The first-order valence-electron chi connectivity index (χ1n) is 17.7. The molecule has 1 fully saturated rings. The lowest BCUT2D eigenvalue weighted by Gasteiger charge is -2.30. The number of nitrogen functional groups attached to an aromatic ring is 1. The Morgan fingerprint density at radius 3 is 2.37 bits per heavy atom. The second-order valence-electron chi connectivity index (χ2n) is 14.0. The lowest BCUT2D eigenvalue weighted by molar-refractivity contribution is -0.137. The molecule has 59 heavy (non-hydrogen) atoms. The maximum Gasteiger partial charge on any atom is 0.481 e. The van der Waals surface area contributed by atoms with Crippen LogP contribution < -0.4 is 16.4 Å². The number of phosphoric acid groups is 3. The first-order chi connectivity index (χ1) is 27.3. The summed E-state index contributed by atoms with van der Waals surface area (Å²) in [6.45, 7) is 6.34. The molecule has 1 saturated heterocycles. The number of fused-ring (bicyclic) bond motifs is 1. The number of nitrogens with zero attached hydrogens (tertiary/aromatic N) is 4. The Bertz CT molecular complexity index is 2010. The molecule has 332 valence electrons. The zero-order valence-electron chi connectivity index (χ0n) is 32.6. The second-order valence-corrected chi connectivity index (χ2v) is 19.4. The number of ether oxygens (including phenoxy) is 1. The summed E-state index contributed by atoms with van der Waals surface area (Å²) in [4.78, 5) is 87.9. The summed E-state index contributed by atoms with van der Waals surface area (Å²) in [5.41, 5.74) is 6.40. The molecular formula is C31H50N7O17P3S. The Hall–Kier alpha value is -2.96. The zero-order chi connectivity index (χ0) is 44.3. The van der Waals surface area contributed by atoms with Crippen LogP contribution in [0.15, 0.2) is 36.0 Å². The zero-order valence-corrected chi connectivity index (χ0v) is 36.1. The summed E-state index contributed by atoms with van der Waals surface area (Å²) in [6, 6.07) is 0. The highest BCUT2D eigenvalue weighted by atomic mass is 32.2. The van der Waals surface area contributed by atoms with Gasteiger partial charge in [0.1, 0.15) is 36.3 Å². The molecule has 0 saturated carbocycles. The standard InChI is InChI=1S/C31H50N7O17P3S/c1-18(2)7-6-8-19(3)13-22(40)59-12-11-33-21(39)9-10-34-29(43)26(42)31(4,5)15-52-58(49,50)55-57(47,48)51-14-20-25(54-56(44,45)46)24(41)30(53-20)38-17-37-23-27(32)35-16-36-28(23)38/h7,13,16-17,20,24-26,30,41-42H,6,8-12,14-15H2,1-5H3,(H,33,39)(H,34,43)(H,47,48)(H,49,50)(H2,32,35,36)(H2,44,45,46)/t20-,24-,25-,26+,30-/m1/s1. The molecule has 28 heteroatoms. The number of aliphatic hydroxyl groups excluding tert-OH is 2. The first-order valence-corrected chi connectivity index (χ1v) is 23.2. The molecule has 2 aromatic rings. The van der Waals surface area contributed by atoms with Crippen LogP contribution in [0.3, 0.4) is 0 Å². The largest absolute Gasteiger partial charge is 0.481 e. The summed E-state index contributed by atoms with van der Waals surface area (Å²) in [5.74, 6) is -1.14. The molecule has 0 bridgehead atoms. The van der Waals surface area contributed by atoms with Crippen molar-refractivity contribution in [3.8, 4) is 0 Å². The molecule has 1 aliphatic heterocycles. The number of hydrogen-bond donors (Lipinski definition) is 9. The van der Waals surface area contributed by atoms with Crippen LogP contribution in [-0.4, -0.2) is 123 Å². The molecule has 2 unspecified atom stereocenters. The number of nitrogens with two attached hydrogens (primary N) is 1. The molecule has 0 aromatic carbocycles. The van der Waals surface area contributed by atoms with E-state index in [2.05, 4.69) is 40.5 Å². The lowest BCUT2D eigenvalue weighted by Crippen LogP contribution is -2.46. The Morgan fingerprint density at radius 1 is 1.03 bits per heavy atom. The van der Waals surface area contributed by atoms with Crippen molar-refractivity contribution < 1.29 is 80.5 Å². The number of aromatic nitrogens is 4. The first kappa shape index (κ1) is 50.4. The minimum atomic E-state index is -5.57. The summed E-state index contributed by atoms with van der Waals surface area (Å²) in [5, 5.41) is 26.3. The predicted octanol–water partition coefficient (Wildman–Crippen LogP) is 1.36. The van der Waals surface area contributed by atoms with Crippen molar-refractivity contribution >= 4 is 69.1 Å². The van der Waals surface area contributed by atoms with Gasteiger partial charge in [-0.15, -0.1) is 0 Å². The van der Waals surface area contributed by atoms with Gasteiger partial charge in [-0.05, 0) is 39.7 Å². The molecule has 7 atom stereocenters. The number of aliphatic hydroxyl groups is 2. The van der Waals surface area contributed by atoms with Gasteiger partial charge in [0, 0.05) is 30.7 Å². The number of imidazole rings is 1. The van der Waals surface area contributed by atoms with E-state index in [0.29, 0.717) is 5.75 Å². The fourth-order valence-corrected chi connectivity index (χ4v) is 8.70. The van der Waals surface area contributed by atoms with Gasteiger partial charge in [-0.25, -0.2) is 28.6 Å². The normalized spacial score (nSPS) is 21.4. The van der Waals surface area contributed by atoms with Gasteiger partial charge in [-0.1, -0.05) is 42.8 Å². The molecule has 2 amide bonds. The summed E-state index contributed by atoms with van der Waals surface area (Å²) in [7, 11) is -16.4. The third-order valence-electron chi connectivity index (χ3n) is 8.20. The highest BCUT2D eigenvalue weighted by molar-refractivity contribution is 8.14. The van der Waals surface area contributed by atoms with Crippen LogP contribution in [-0.2, 0) is 50.7 Å². The van der Waals surface area contributed by atoms with Crippen LogP contribution in [0.5, 0.6) is 0 Å². The molecular weight excluding hydrogens is 867 g/mol. The molecule has 2 aromatic heterocycles. The number of thioether (sulfide) groups is 1. The van der Waals surface area contributed by atoms with E-state index in [1.165, 1.54) is 19.4 Å². The number of hydrogen-bond acceptors (Lipinski definition) is 18. The van der Waals surface area contributed by atoms with Crippen molar-refractivity contribution in [1.29, 1.82) is 0 Å². The minimum Gasteiger partial charge on any atom is -0.386 e. The third kappa shape index (κ3) is 16.4. The lowest BCUT2D eigenvalue weighted by atomic mass is 9.87. The topological polar surface area (TPSA) is 364 Å². The highest BCUT2D eigenvalue weighted by Gasteiger charge is 2.50. The van der Waals surface area contributed by atoms with Gasteiger partial charge in [-0.2, -0.15) is 4.31 Å². The maximum atomic E-state index is 12.7. The van der Waals surface area contributed by atoms with Gasteiger partial charge in [0.05, 0.1) is 19.5 Å². The minimum absolute atomic E-state index is 0.0299. The predicted molar refractivity (Wildman–Crippen MR) is 210 cm³/mol. The summed E-state index contributed by atoms with van der Waals surface area (Å²) in [6.07, 6.45) is -1.68. The summed E-state index contributed by atoms with van der Waals surface area (Å²) >= 11 is 1.05. The van der Waals surface area contributed by atoms with E-state index >= 15 is 0 Å². The quantitative estimate of drug-likeness (QED) is 0.0329. The molecule has 0 aliphatic carbocycles. The van der Waals surface area contributed by atoms with Gasteiger partial charge < -0.3 is 50.9 Å². The van der Waals surface area contributed by atoms with Crippen LogP contribution >= 0.6 is 35.2 Å². The number of anilines is 1. The van der Waals surface area contributed by atoms with Crippen LogP contribution in [0.2, 0.25) is 0 Å². The van der Waals surface area contributed by atoms with E-state index < -0.39 is 84.6 Å². The molecule has 3 heterocycles. The average molecular weight is 918 g/mol. The Morgan fingerprint density at radius 2 is 1.71 bits per heavy atom.